The van der Waals surface area contributed by atoms with Crippen molar-refractivity contribution in [2.75, 3.05) is 19.7 Å². The first-order valence-corrected chi connectivity index (χ1v) is 8.15. The van der Waals surface area contributed by atoms with Crippen molar-refractivity contribution in [1.29, 1.82) is 0 Å². The predicted octanol–water partition coefficient (Wildman–Crippen LogP) is 2.97. The molecule has 0 radical (unpaired) electrons. The average Bonchev–Trinajstić information content (AvgIpc) is 3.39. The van der Waals surface area contributed by atoms with Gasteiger partial charge in [-0.15, -0.1) is 6.58 Å². The molecule has 2 aliphatic rings. The first-order chi connectivity index (χ1) is 10.3. The van der Waals surface area contributed by atoms with Crippen LogP contribution in [0.5, 0.6) is 5.75 Å². The van der Waals surface area contributed by atoms with E-state index in [-0.39, 0.29) is 0 Å². The van der Waals surface area contributed by atoms with Crippen LogP contribution >= 0.6 is 0 Å². The molecule has 2 aliphatic carbocycles. The first-order valence-electron chi connectivity index (χ1n) is 8.15. The molecule has 3 heteroatoms. The molecule has 0 spiro atoms. The number of hydrogen-bond acceptors (Lipinski definition) is 3. The summed E-state index contributed by atoms with van der Waals surface area (Å²) < 4.78 is 5.86. The van der Waals surface area contributed by atoms with Crippen molar-refractivity contribution in [1.82, 2.24) is 10.2 Å². The fourth-order valence-electron chi connectivity index (χ4n) is 2.56. The quantitative estimate of drug-likeness (QED) is 0.669. The van der Waals surface area contributed by atoms with Gasteiger partial charge >= 0.3 is 0 Å². The second kappa shape index (κ2) is 7.10. The molecule has 1 aromatic carbocycles. The molecule has 0 aliphatic heterocycles. The van der Waals surface area contributed by atoms with Gasteiger partial charge in [-0.05, 0) is 43.4 Å². The summed E-state index contributed by atoms with van der Waals surface area (Å²) in [7, 11) is 0. The van der Waals surface area contributed by atoms with Gasteiger partial charge < -0.3 is 10.1 Å². The number of nitrogens with zero attached hydrogens (tertiary/aromatic N) is 1. The molecule has 114 valence electrons. The van der Waals surface area contributed by atoms with E-state index >= 15 is 0 Å². The highest BCUT2D eigenvalue weighted by molar-refractivity contribution is 5.27. The van der Waals surface area contributed by atoms with Gasteiger partial charge in [0.1, 0.15) is 12.4 Å². The fourth-order valence-corrected chi connectivity index (χ4v) is 2.56. The van der Waals surface area contributed by atoms with E-state index in [1.807, 2.05) is 6.08 Å². The van der Waals surface area contributed by atoms with E-state index in [1.165, 1.54) is 31.2 Å². The number of rotatable bonds is 10. The zero-order chi connectivity index (χ0) is 14.5. The minimum absolute atomic E-state index is 0.754. The summed E-state index contributed by atoms with van der Waals surface area (Å²) in [5.41, 5.74) is 1.33. The Bertz CT molecular complexity index is 449. The maximum absolute atomic E-state index is 5.86. The minimum Gasteiger partial charge on any atom is -0.492 e. The van der Waals surface area contributed by atoms with Crippen molar-refractivity contribution in [3.05, 3.63) is 42.5 Å². The highest BCUT2D eigenvalue weighted by atomic mass is 16.5. The van der Waals surface area contributed by atoms with Crippen LogP contribution in [0, 0.1) is 0 Å². The van der Waals surface area contributed by atoms with Gasteiger partial charge in [-0.3, -0.25) is 4.90 Å². The largest absolute Gasteiger partial charge is 0.492 e. The molecule has 0 atom stereocenters. The second-order valence-electron chi connectivity index (χ2n) is 6.16. The van der Waals surface area contributed by atoms with Crippen LogP contribution in [0.2, 0.25) is 0 Å². The van der Waals surface area contributed by atoms with Gasteiger partial charge in [0.05, 0.1) is 0 Å². The van der Waals surface area contributed by atoms with E-state index < -0.39 is 0 Å². The summed E-state index contributed by atoms with van der Waals surface area (Å²) >= 11 is 0. The Balaban J connectivity index is 1.38. The molecular formula is C18H26N2O. The van der Waals surface area contributed by atoms with Crippen molar-refractivity contribution in [2.24, 2.45) is 0 Å². The summed E-state index contributed by atoms with van der Waals surface area (Å²) in [5, 5.41) is 3.53. The molecule has 0 bridgehead atoms. The first kappa shape index (κ1) is 14.6. The van der Waals surface area contributed by atoms with Gasteiger partial charge in [0, 0.05) is 31.7 Å². The predicted molar refractivity (Wildman–Crippen MR) is 86.6 cm³/mol. The number of ether oxygens (including phenoxy) is 1. The lowest BCUT2D eigenvalue weighted by atomic mass is 10.2. The van der Waals surface area contributed by atoms with Crippen LogP contribution in [-0.2, 0) is 6.54 Å². The lowest BCUT2D eigenvalue weighted by molar-refractivity contribution is 0.216. The lowest BCUT2D eigenvalue weighted by Crippen LogP contribution is -2.30. The molecule has 2 fully saturated rings. The van der Waals surface area contributed by atoms with E-state index in [0.717, 1.165) is 44.1 Å². The summed E-state index contributed by atoms with van der Waals surface area (Å²) in [6.45, 7) is 7.52. The Hall–Kier alpha value is -1.32. The van der Waals surface area contributed by atoms with Gasteiger partial charge in [0.2, 0.25) is 0 Å². The third kappa shape index (κ3) is 4.87. The van der Waals surface area contributed by atoms with Crippen LogP contribution in [-0.4, -0.2) is 36.7 Å². The van der Waals surface area contributed by atoms with Crippen LogP contribution in [0.3, 0.4) is 0 Å². The Morgan fingerprint density at radius 1 is 1.19 bits per heavy atom. The van der Waals surface area contributed by atoms with E-state index in [4.69, 9.17) is 4.74 Å². The molecule has 0 aromatic heterocycles. The Morgan fingerprint density at radius 3 is 2.57 bits per heavy atom. The summed E-state index contributed by atoms with van der Waals surface area (Å²) in [5.74, 6) is 0.972. The summed E-state index contributed by atoms with van der Waals surface area (Å²) in [6.07, 6.45) is 7.32. The van der Waals surface area contributed by atoms with E-state index in [0.29, 0.717) is 0 Å². The molecule has 0 unspecified atom stereocenters. The van der Waals surface area contributed by atoms with Crippen LogP contribution in [0.1, 0.15) is 31.2 Å². The van der Waals surface area contributed by atoms with Crippen molar-refractivity contribution in [2.45, 2.75) is 44.3 Å². The fraction of sp³-hybridized carbons (Fsp3) is 0.556. The van der Waals surface area contributed by atoms with Crippen molar-refractivity contribution >= 4 is 0 Å². The summed E-state index contributed by atoms with van der Waals surface area (Å²) in [6, 6.07) is 10.0. The van der Waals surface area contributed by atoms with Crippen molar-refractivity contribution in [3.63, 3.8) is 0 Å². The highest BCUT2D eigenvalue weighted by Gasteiger charge is 2.27. The van der Waals surface area contributed by atoms with E-state index in [1.54, 1.807) is 0 Å². The van der Waals surface area contributed by atoms with Crippen molar-refractivity contribution < 1.29 is 4.74 Å². The summed E-state index contributed by atoms with van der Waals surface area (Å²) in [4.78, 5) is 2.46. The third-order valence-electron chi connectivity index (χ3n) is 4.17. The normalized spacial score (nSPS) is 18.0. The van der Waals surface area contributed by atoms with Gasteiger partial charge in [-0.1, -0.05) is 18.2 Å². The molecule has 1 aromatic rings. The van der Waals surface area contributed by atoms with Crippen LogP contribution in [0.15, 0.2) is 36.9 Å². The lowest BCUT2D eigenvalue weighted by Gasteiger charge is -2.20. The molecule has 2 saturated carbocycles. The number of benzene rings is 1. The molecule has 21 heavy (non-hydrogen) atoms. The molecule has 3 nitrogen and oxygen atoms in total. The Morgan fingerprint density at radius 2 is 1.95 bits per heavy atom. The van der Waals surface area contributed by atoms with Gasteiger partial charge in [0.25, 0.3) is 0 Å². The number of hydrogen-bond donors (Lipinski definition) is 1. The van der Waals surface area contributed by atoms with Gasteiger partial charge in [-0.2, -0.15) is 0 Å². The maximum atomic E-state index is 5.86. The van der Waals surface area contributed by atoms with E-state index in [2.05, 4.69) is 41.1 Å². The standard InChI is InChI=1S/C18H26N2O/c1-2-11-20(17-7-8-17)12-13-21-18-9-3-15(4-10-18)14-19-16-5-6-16/h2-4,9-10,16-17,19H,1,5-8,11-14H2. The van der Waals surface area contributed by atoms with Crippen LogP contribution in [0.4, 0.5) is 0 Å². The molecule has 3 rings (SSSR count). The highest BCUT2D eigenvalue weighted by Crippen LogP contribution is 2.26. The molecule has 0 heterocycles. The monoisotopic (exact) mass is 286 g/mol. The zero-order valence-corrected chi connectivity index (χ0v) is 12.8. The third-order valence-corrected chi connectivity index (χ3v) is 4.17. The smallest absolute Gasteiger partial charge is 0.119 e. The molecular weight excluding hydrogens is 260 g/mol. The van der Waals surface area contributed by atoms with Gasteiger partial charge in [0.15, 0.2) is 0 Å². The van der Waals surface area contributed by atoms with Gasteiger partial charge in [-0.25, -0.2) is 0 Å². The SMILES string of the molecule is C=CCN(CCOc1ccc(CNC2CC2)cc1)C1CC1. The number of nitrogens with one attached hydrogen (secondary N) is 1. The average molecular weight is 286 g/mol. The van der Waals surface area contributed by atoms with Crippen LogP contribution in [0.25, 0.3) is 0 Å². The minimum atomic E-state index is 0.754. The topological polar surface area (TPSA) is 24.5 Å². The molecule has 0 amide bonds. The maximum Gasteiger partial charge on any atom is 0.119 e. The second-order valence-corrected chi connectivity index (χ2v) is 6.16. The zero-order valence-electron chi connectivity index (χ0n) is 12.8. The Labute approximate surface area is 128 Å². The molecule has 1 N–H and O–H groups in total. The van der Waals surface area contributed by atoms with Crippen LogP contribution < -0.4 is 10.1 Å². The van der Waals surface area contributed by atoms with E-state index in [9.17, 15) is 0 Å². The Kier molecular flexibility index (Phi) is 4.94. The molecule has 0 saturated heterocycles. The van der Waals surface area contributed by atoms with Crippen molar-refractivity contribution in [3.8, 4) is 5.75 Å².